The fourth-order valence-corrected chi connectivity index (χ4v) is 8.32. The number of nitrogens with zero attached hydrogens (tertiary/aromatic N) is 3. The second kappa shape index (κ2) is 12.2. The lowest BCUT2D eigenvalue weighted by Gasteiger charge is -2.11. The Balaban J connectivity index is 0.989. The largest absolute Gasteiger partial charge is 0.309 e. The van der Waals surface area contributed by atoms with Gasteiger partial charge in [0.05, 0.1) is 27.8 Å². The highest BCUT2D eigenvalue weighted by Crippen LogP contribution is 2.39. The van der Waals surface area contributed by atoms with Gasteiger partial charge in [0.25, 0.3) is 0 Å². The zero-order chi connectivity index (χ0) is 35.6. The fourth-order valence-electron chi connectivity index (χ4n) is 8.32. The molecule has 3 aromatic heterocycles. The van der Waals surface area contributed by atoms with Crippen molar-refractivity contribution in [2.45, 2.75) is 0 Å². The van der Waals surface area contributed by atoms with Gasteiger partial charge in [0.2, 0.25) is 0 Å². The summed E-state index contributed by atoms with van der Waals surface area (Å²) in [5.74, 6) is 0. The van der Waals surface area contributed by atoms with Crippen molar-refractivity contribution in [1.82, 2.24) is 14.1 Å². The van der Waals surface area contributed by atoms with Crippen LogP contribution < -0.4 is 0 Å². The Morgan fingerprint density at radius 1 is 0.296 bits per heavy atom. The lowest BCUT2D eigenvalue weighted by atomic mass is 10.0. The van der Waals surface area contributed by atoms with E-state index in [0.717, 1.165) is 28.1 Å². The summed E-state index contributed by atoms with van der Waals surface area (Å²) in [5.41, 5.74) is 13.9. The molecule has 0 unspecified atom stereocenters. The SMILES string of the molecule is c1ccc(-c2ccc(-c3ccc(-n4c5ccccc5c5cc(-c6ccc7c(c6)c6ccccc6n7-c6ccc7ccccc7c6)ccc54)cc3)cn2)cc1. The maximum Gasteiger partial charge on any atom is 0.0702 e. The maximum absolute atomic E-state index is 4.76. The highest BCUT2D eigenvalue weighted by Gasteiger charge is 2.16. The molecule has 0 N–H and O–H groups in total. The van der Waals surface area contributed by atoms with Crippen LogP contribution in [0.2, 0.25) is 0 Å². The molecule has 0 atom stereocenters. The summed E-state index contributed by atoms with van der Waals surface area (Å²) in [6.07, 6.45) is 1.97. The van der Waals surface area contributed by atoms with Gasteiger partial charge in [0.15, 0.2) is 0 Å². The zero-order valence-corrected chi connectivity index (χ0v) is 29.4. The molecule has 0 aliphatic carbocycles. The minimum absolute atomic E-state index is 0.980. The number of hydrogen-bond acceptors (Lipinski definition) is 1. The van der Waals surface area contributed by atoms with Crippen LogP contribution in [0.3, 0.4) is 0 Å². The Labute approximate surface area is 312 Å². The first kappa shape index (κ1) is 30.4. The van der Waals surface area contributed by atoms with Crippen molar-refractivity contribution in [3.8, 4) is 44.9 Å². The van der Waals surface area contributed by atoms with Gasteiger partial charge in [-0.2, -0.15) is 0 Å². The Bertz CT molecular complexity index is 3190. The van der Waals surface area contributed by atoms with Crippen molar-refractivity contribution in [2.75, 3.05) is 0 Å². The summed E-state index contributed by atoms with van der Waals surface area (Å²) >= 11 is 0. The van der Waals surface area contributed by atoms with Crippen molar-refractivity contribution in [3.63, 3.8) is 0 Å². The van der Waals surface area contributed by atoms with Crippen LogP contribution in [0.15, 0.2) is 200 Å². The first-order chi connectivity index (χ1) is 26.8. The summed E-state index contributed by atoms with van der Waals surface area (Å²) in [7, 11) is 0. The second-order valence-electron chi connectivity index (χ2n) is 14.0. The average molecular weight is 688 g/mol. The molecule has 0 aliphatic rings. The number of rotatable bonds is 5. The van der Waals surface area contributed by atoms with E-state index in [-0.39, 0.29) is 0 Å². The van der Waals surface area contributed by atoms with Gasteiger partial charge in [-0.1, -0.05) is 127 Å². The molecule has 0 saturated carbocycles. The van der Waals surface area contributed by atoms with E-state index in [1.165, 1.54) is 71.2 Å². The molecule has 0 amide bonds. The smallest absolute Gasteiger partial charge is 0.0702 e. The predicted octanol–water partition coefficient (Wildman–Crippen LogP) is 13.4. The quantitative estimate of drug-likeness (QED) is 0.177. The summed E-state index contributed by atoms with van der Waals surface area (Å²) in [6.45, 7) is 0. The molecule has 252 valence electrons. The lowest BCUT2D eigenvalue weighted by Crippen LogP contribution is -1.94. The van der Waals surface area contributed by atoms with E-state index in [2.05, 4.69) is 185 Å². The molecule has 3 heteroatoms. The van der Waals surface area contributed by atoms with Crippen LogP contribution in [0, 0.1) is 0 Å². The van der Waals surface area contributed by atoms with Gasteiger partial charge in [0.1, 0.15) is 0 Å². The van der Waals surface area contributed by atoms with Crippen LogP contribution in [0.5, 0.6) is 0 Å². The third-order valence-electron chi connectivity index (χ3n) is 11.0. The van der Waals surface area contributed by atoms with Crippen LogP contribution in [-0.4, -0.2) is 14.1 Å². The minimum Gasteiger partial charge on any atom is -0.309 e. The van der Waals surface area contributed by atoms with Crippen molar-refractivity contribution in [1.29, 1.82) is 0 Å². The Morgan fingerprint density at radius 3 is 1.46 bits per heavy atom. The Kier molecular flexibility index (Phi) is 6.86. The molecule has 0 saturated heterocycles. The molecule has 0 bridgehead atoms. The molecule has 54 heavy (non-hydrogen) atoms. The third-order valence-corrected chi connectivity index (χ3v) is 11.0. The van der Waals surface area contributed by atoms with Crippen molar-refractivity contribution >= 4 is 54.4 Å². The second-order valence-corrected chi connectivity index (χ2v) is 14.0. The molecule has 8 aromatic carbocycles. The van der Waals surface area contributed by atoms with Gasteiger partial charge in [0, 0.05) is 50.2 Å². The fraction of sp³-hybridized carbons (Fsp3) is 0. The summed E-state index contributed by atoms with van der Waals surface area (Å²) in [6, 6.07) is 70.1. The number of para-hydroxylation sites is 2. The predicted molar refractivity (Wildman–Crippen MR) is 227 cm³/mol. The standard InChI is InChI=1S/C51H33N3/c1-2-11-36(12-3-1)47-27-21-40(33-52-47)35-18-24-41(25-19-35)53-48-16-8-6-14-43(48)45-31-38(22-28-50(45)53)39-23-29-51-46(32-39)44-15-7-9-17-49(44)54(51)42-26-20-34-10-4-5-13-37(34)30-42/h1-33H. The maximum atomic E-state index is 4.76. The Hall–Kier alpha value is -7.23. The first-order valence-corrected chi connectivity index (χ1v) is 18.5. The number of aromatic nitrogens is 3. The molecule has 0 aliphatic heterocycles. The van der Waals surface area contributed by atoms with Gasteiger partial charge < -0.3 is 9.13 Å². The van der Waals surface area contributed by atoms with Crippen LogP contribution in [0.4, 0.5) is 0 Å². The Morgan fingerprint density at radius 2 is 0.815 bits per heavy atom. The number of benzene rings is 8. The number of hydrogen-bond donors (Lipinski definition) is 0. The highest BCUT2D eigenvalue weighted by molar-refractivity contribution is 6.13. The van der Waals surface area contributed by atoms with E-state index < -0.39 is 0 Å². The normalized spacial score (nSPS) is 11.7. The topological polar surface area (TPSA) is 22.8 Å². The van der Waals surface area contributed by atoms with Crippen molar-refractivity contribution in [2.24, 2.45) is 0 Å². The third kappa shape index (κ3) is 4.87. The minimum atomic E-state index is 0.980. The molecule has 3 heterocycles. The molecule has 0 radical (unpaired) electrons. The van der Waals surface area contributed by atoms with E-state index in [9.17, 15) is 0 Å². The summed E-state index contributed by atoms with van der Waals surface area (Å²) in [5, 5.41) is 7.49. The van der Waals surface area contributed by atoms with Crippen molar-refractivity contribution in [3.05, 3.63) is 200 Å². The zero-order valence-electron chi connectivity index (χ0n) is 29.4. The number of pyridine rings is 1. The molecule has 11 rings (SSSR count). The van der Waals surface area contributed by atoms with Gasteiger partial charge >= 0.3 is 0 Å². The van der Waals surface area contributed by atoms with Gasteiger partial charge in [-0.3, -0.25) is 4.98 Å². The van der Waals surface area contributed by atoms with E-state index >= 15 is 0 Å². The molecular formula is C51H33N3. The molecule has 0 fully saturated rings. The van der Waals surface area contributed by atoms with Gasteiger partial charge in [-0.05, 0) is 94.2 Å². The molecule has 0 spiro atoms. The van der Waals surface area contributed by atoms with Crippen LogP contribution in [-0.2, 0) is 0 Å². The molecule has 11 aromatic rings. The number of fused-ring (bicyclic) bond motifs is 7. The summed E-state index contributed by atoms with van der Waals surface area (Å²) in [4.78, 5) is 4.76. The summed E-state index contributed by atoms with van der Waals surface area (Å²) < 4.78 is 4.79. The van der Waals surface area contributed by atoms with Crippen molar-refractivity contribution < 1.29 is 0 Å². The van der Waals surface area contributed by atoms with E-state index in [1.807, 2.05) is 24.4 Å². The van der Waals surface area contributed by atoms with Crippen LogP contribution in [0.25, 0.3) is 99.3 Å². The van der Waals surface area contributed by atoms with Crippen LogP contribution >= 0.6 is 0 Å². The van der Waals surface area contributed by atoms with E-state index in [4.69, 9.17) is 4.98 Å². The highest BCUT2D eigenvalue weighted by atomic mass is 15.0. The monoisotopic (exact) mass is 687 g/mol. The average Bonchev–Trinajstić information content (AvgIpc) is 3.76. The van der Waals surface area contributed by atoms with Crippen LogP contribution in [0.1, 0.15) is 0 Å². The lowest BCUT2D eigenvalue weighted by molar-refractivity contribution is 1.18. The molecule has 3 nitrogen and oxygen atoms in total. The van der Waals surface area contributed by atoms with Gasteiger partial charge in [-0.15, -0.1) is 0 Å². The van der Waals surface area contributed by atoms with E-state index in [1.54, 1.807) is 0 Å². The first-order valence-electron chi connectivity index (χ1n) is 18.5. The van der Waals surface area contributed by atoms with E-state index in [0.29, 0.717) is 0 Å². The van der Waals surface area contributed by atoms with Gasteiger partial charge in [-0.25, -0.2) is 0 Å². The molecular weight excluding hydrogens is 655 g/mol.